The van der Waals surface area contributed by atoms with Crippen molar-refractivity contribution < 1.29 is 4.79 Å². The molecule has 2 N–H and O–H groups in total. The first-order valence-electron chi connectivity index (χ1n) is 6.75. The number of nitrogens with one attached hydrogen (secondary N) is 2. The summed E-state index contributed by atoms with van der Waals surface area (Å²) in [6, 6.07) is 8.37. The van der Waals surface area contributed by atoms with Crippen LogP contribution in [0.25, 0.3) is 0 Å². The number of carbonyl (C=O) groups excluding carboxylic acids is 1. The second-order valence-corrected chi connectivity index (χ2v) is 6.00. The van der Waals surface area contributed by atoms with Crippen LogP contribution in [0.15, 0.2) is 28.7 Å². The second-order valence-electron chi connectivity index (χ2n) is 5.15. The Kier molecular flexibility index (Phi) is 7.10. The van der Waals surface area contributed by atoms with E-state index in [-0.39, 0.29) is 11.9 Å². The van der Waals surface area contributed by atoms with Crippen molar-refractivity contribution in [1.82, 2.24) is 10.6 Å². The van der Waals surface area contributed by atoms with E-state index in [4.69, 9.17) is 0 Å². The number of halogens is 1. The predicted molar refractivity (Wildman–Crippen MR) is 83.0 cm³/mol. The largest absolute Gasteiger partial charge is 0.356 e. The third kappa shape index (κ3) is 6.21. The van der Waals surface area contributed by atoms with E-state index in [1.165, 1.54) is 5.56 Å². The molecule has 0 spiro atoms. The summed E-state index contributed by atoms with van der Waals surface area (Å²) in [4.78, 5) is 11.6. The van der Waals surface area contributed by atoms with E-state index in [0.717, 1.165) is 11.0 Å². The van der Waals surface area contributed by atoms with Crippen molar-refractivity contribution in [2.75, 3.05) is 13.1 Å². The highest BCUT2D eigenvalue weighted by molar-refractivity contribution is 9.10. The molecule has 0 heterocycles. The van der Waals surface area contributed by atoms with Gasteiger partial charge in [-0.1, -0.05) is 48.0 Å². The normalized spacial score (nSPS) is 12.5. The number of carbonyl (C=O) groups is 1. The Bertz CT molecular complexity index is 407. The standard InChI is InChI=1S/C15H23BrN2O/c1-11(2)10-18-15(19)8-9-17-12(3)13-6-4-5-7-14(13)16/h4-7,11-12,17H,8-10H2,1-3H3,(H,18,19). The number of hydrogen-bond donors (Lipinski definition) is 2. The minimum absolute atomic E-state index is 0.112. The zero-order chi connectivity index (χ0) is 14.3. The van der Waals surface area contributed by atoms with Gasteiger partial charge in [-0.05, 0) is 24.5 Å². The molecule has 0 aliphatic rings. The molecule has 1 aromatic carbocycles. The van der Waals surface area contributed by atoms with E-state index in [0.29, 0.717) is 18.9 Å². The molecule has 1 rings (SSSR count). The highest BCUT2D eigenvalue weighted by Crippen LogP contribution is 2.22. The topological polar surface area (TPSA) is 41.1 Å². The van der Waals surface area contributed by atoms with Crippen LogP contribution in [0.1, 0.15) is 38.8 Å². The van der Waals surface area contributed by atoms with Crippen LogP contribution in [-0.4, -0.2) is 19.0 Å². The number of benzene rings is 1. The van der Waals surface area contributed by atoms with E-state index < -0.39 is 0 Å². The lowest BCUT2D eigenvalue weighted by Gasteiger charge is -2.15. The van der Waals surface area contributed by atoms with E-state index in [1.807, 2.05) is 18.2 Å². The molecule has 1 unspecified atom stereocenters. The highest BCUT2D eigenvalue weighted by atomic mass is 79.9. The van der Waals surface area contributed by atoms with Crippen molar-refractivity contribution >= 4 is 21.8 Å². The Morgan fingerprint density at radius 3 is 2.58 bits per heavy atom. The van der Waals surface area contributed by atoms with E-state index in [1.54, 1.807) is 0 Å². The molecule has 0 aliphatic heterocycles. The monoisotopic (exact) mass is 326 g/mol. The minimum Gasteiger partial charge on any atom is -0.356 e. The molecule has 0 aliphatic carbocycles. The summed E-state index contributed by atoms with van der Waals surface area (Å²) in [5.74, 6) is 0.608. The van der Waals surface area contributed by atoms with Gasteiger partial charge >= 0.3 is 0 Å². The van der Waals surface area contributed by atoms with Crippen LogP contribution in [0.5, 0.6) is 0 Å². The fourth-order valence-electron chi connectivity index (χ4n) is 1.74. The zero-order valence-corrected chi connectivity index (χ0v) is 13.5. The van der Waals surface area contributed by atoms with Crippen molar-refractivity contribution in [3.8, 4) is 0 Å². The highest BCUT2D eigenvalue weighted by Gasteiger charge is 2.09. The van der Waals surface area contributed by atoms with Crippen LogP contribution in [0.3, 0.4) is 0 Å². The predicted octanol–water partition coefficient (Wildman–Crippen LogP) is 3.26. The van der Waals surface area contributed by atoms with Crippen LogP contribution < -0.4 is 10.6 Å². The maximum atomic E-state index is 11.6. The van der Waals surface area contributed by atoms with E-state index in [9.17, 15) is 4.79 Å². The summed E-state index contributed by atoms with van der Waals surface area (Å²) in [6.07, 6.45) is 0.515. The van der Waals surface area contributed by atoms with Gasteiger partial charge in [0.1, 0.15) is 0 Å². The molecule has 4 heteroatoms. The summed E-state index contributed by atoms with van der Waals surface area (Å²) in [5.41, 5.74) is 1.21. The molecule has 0 fully saturated rings. The fourth-order valence-corrected chi connectivity index (χ4v) is 2.37. The molecular formula is C15H23BrN2O. The van der Waals surface area contributed by atoms with Gasteiger partial charge in [-0.15, -0.1) is 0 Å². The third-order valence-electron chi connectivity index (χ3n) is 2.88. The van der Waals surface area contributed by atoms with Gasteiger partial charge in [0, 0.05) is 30.0 Å². The summed E-state index contributed by atoms with van der Waals surface area (Å²) in [5, 5.41) is 6.29. The van der Waals surface area contributed by atoms with Crippen LogP contribution in [0.4, 0.5) is 0 Å². The van der Waals surface area contributed by atoms with Crippen LogP contribution in [0.2, 0.25) is 0 Å². The summed E-state index contributed by atoms with van der Waals surface area (Å²) in [7, 11) is 0. The maximum Gasteiger partial charge on any atom is 0.221 e. The van der Waals surface area contributed by atoms with Gasteiger partial charge < -0.3 is 10.6 Å². The van der Waals surface area contributed by atoms with Crippen LogP contribution in [0, 0.1) is 5.92 Å². The zero-order valence-electron chi connectivity index (χ0n) is 11.9. The molecule has 1 aromatic rings. The SMILES string of the molecule is CC(C)CNC(=O)CCNC(C)c1ccccc1Br. The van der Waals surface area contributed by atoms with Crippen LogP contribution in [-0.2, 0) is 4.79 Å². The first-order valence-corrected chi connectivity index (χ1v) is 7.54. The van der Waals surface area contributed by atoms with Gasteiger partial charge in [0.2, 0.25) is 5.91 Å². The Balaban J connectivity index is 2.29. The van der Waals surface area contributed by atoms with Crippen LogP contribution >= 0.6 is 15.9 Å². The molecule has 0 saturated heterocycles. The van der Waals surface area contributed by atoms with Crippen molar-refractivity contribution in [3.63, 3.8) is 0 Å². The Morgan fingerprint density at radius 1 is 1.26 bits per heavy atom. The lowest BCUT2D eigenvalue weighted by atomic mass is 10.1. The van der Waals surface area contributed by atoms with E-state index >= 15 is 0 Å². The Morgan fingerprint density at radius 2 is 1.95 bits per heavy atom. The molecule has 106 valence electrons. The molecule has 3 nitrogen and oxygen atoms in total. The maximum absolute atomic E-state index is 11.6. The average Bonchev–Trinajstić information content (AvgIpc) is 2.36. The van der Waals surface area contributed by atoms with Crippen molar-refractivity contribution in [3.05, 3.63) is 34.3 Å². The molecule has 0 aromatic heterocycles. The van der Waals surface area contributed by atoms with Gasteiger partial charge in [-0.2, -0.15) is 0 Å². The van der Waals surface area contributed by atoms with Gasteiger partial charge in [-0.25, -0.2) is 0 Å². The van der Waals surface area contributed by atoms with Crippen molar-refractivity contribution in [1.29, 1.82) is 0 Å². The lowest BCUT2D eigenvalue weighted by Crippen LogP contribution is -2.31. The molecule has 1 amide bonds. The van der Waals surface area contributed by atoms with Gasteiger partial charge in [0.25, 0.3) is 0 Å². The number of amides is 1. The smallest absolute Gasteiger partial charge is 0.221 e. The summed E-state index contributed by atoms with van der Waals surface area (Å²) >= 11 is 3.54. The summed E-state index contributed by atoms with van der Waals surface area (Å²) < 4.78 is 1.10. The second kappa shape index (κ2) is 8.33. The first kappa shape index (κ1) is 16.2. The van der Waals surface area contributed by atoms with Crippen molar-refractivity contribution in [2.45, 2.75) is 33.2 Å². The number of hydrogen-bond acceptors (Lipinski definition) is 2. The average molecular weight is 327 g/mol. The molecule has 0 saturated carbocycles. The lowest BCUT2D eigenvalue weighted by molar-refractivity contribution is -0.121. The Labute approximate surface area is 124 Å². The van der Waals surface area contributed by atoms with Crippen molar-refractivity contribution in [2.24, 2.45) is 5.92 Å². The summed E-state index contributed by atoms with van der Waals surface area (Å²) in [6.45, 7) is 7.72. The van der Waals surface area contributed by atoms with Gasteiger partial charge in [0.05, 0.1) is 0 Å². The van der Waals surface area contributed by atoms with Gasteiger partial charge in [-0.3, -0.25) is 4.79 Å². The minimum atomic E-state index is 0.112. The molecule has 0 bridgehead atoms. The molecule has 1 atom stereocenters. The Hall–Kier alpha value is -0.870. The van der Waals surface area contributed by atoms with E-state index in [2.05, 4.69) is 53.4 Å². The first-order chi connectivity index (χ1) is 9.00. The fraction of sp³-hybridized carbons (Fsp3) is 0.533. The quantitative estimate of drug-likeness (QED) is 0.807. The molecular weight excluding hydrogens is 304 g/mol. The molecule has 0 radical (unpaired) electrons. The number of rotatable bonds is 7. The molecule has 19 heavy (non-hydrogen) atoms. The third-order valence-corrected chi connectivity index (χ3v) is 3.60. The van der Waals surface area contributed by atoms with Gasteiger partial charge in [0.15, 0.2) is 0 Å².